The second-order valence-electron chi connectivity index (χ2n) is 3.76. The fraction of sp³-hybridized carbons (Fsp3) is 1.00. The molecule has 0 aliphatic carbocycles. The van der Waals surface area contributed by atoms with Crippen LogP contribution >= 0.6 is 45.7 Å². The molecule has 0 radical (unpaired) electrons. The van der Waals surface area contributed by atoms with Gasteiger partial charge in [0.2, 0.25) is 0 Å². The first-order valence-corrected chi connectivity index (χ1v) is 6.77. The molecule has 2 aliphatic rings. The smallest absolute Gasteiger partial charge is 0.0368 e. The van der Waals surface area contributed by atoms with Crippen LogP contribution in [0.3, 0.4) is 0 Å². The maximum absolute atomic E-state index is 3.63. The van der Waals surface area contributed by atoms with Crippen molar-refractivity contribution in [3.63, 3.8) is 0 Å². The van der Waals surface area contributed by atoms with Gasteiger partial charge in [-0.05, 0) is 12.8 Å². The van der Waals surface area contributed by atoms with Crippen LogP contribution in [0, 0.1) is 0 Å². The monoisotopic (exact) mass is 407 g/mol. The van der Waals surface area contributed by atoms with Gasteiger partial charge in [-0.15, -0.1) is 0 Å². The minimum atomic E-state index is 0.685. The molecule has 2 aliphatic heterocycles. The first-order valence-electron chi connectivity index (χ1n) is 4.84. The number of nitrogens with one attached hydrogen (secondary N) is 1. The van der Waals surface area contributed by atoms with E-state index in [1.54, 1.807) is 0 Å². The summed E-state index contributed by atoms with van der Waals surface area (Å²) in [5.74, 6) is 0. The molecular formula is C8H15I2N3. The molecule has 2 unspecified atom stereocenters. The van der Waals surface area contributed by atoms with E-state index in [0.29, 0.717) is 6.04 Å². The number of halogens is 2. The molecule has 2 fully saturated rings. The third kappa shape index (κ3) is 2.67. The summed E-state index contributed by atoms with van der Waals surface area (Å²) in [6.45, 7) is 4.80. The highest BCUT2D eigenvalue weighted by molar-refractivity contribution is 14.1. The van der Waals surface area contributed by atoms with E-state index in [4.69, 9.17) is 0 Å². The molecule has 3 nitrogen and oxygen atoms in total. The van der Waals surface area contributed by atoms with E-state index in [-0.39, 0.29) is 0 Å². The van der Waals surface area contributed by atoms with Gasteiger partial charge in [0, 0.05) is 84.0 Å². The quantitative estimate of drug-likeness (QED) is 0.525. The van der Waals surface area contributed by atoms with Crippen LogP contribution in [-0.2, 0) is 0 Å². The lowest BCUT2D eigenvalue weighted by atomic mass is 10.1. The molecule has 2 atom stereocenters. The van der Waals surface area contributed by atoms with Gasteiger partial charge in [-0.3, -0.25) is 0 Å². The standard InChI is InChI=1S/C8H15I2N3/c9-12-5-3-11-7(6-12)8-2-1-4-13(8)10/h7-8,11H,1-6H2. The summed E-state index contributed by atoms with van der Waals surface area (Å²) in [5, 5.41) is 3.63. The fourth-order valence-corrected chi connectivity index (χ4v) is 3.83. The lowest BCUT2D eigenvalue weighted by Crippen LogP contribution is -2.54. The first kappa shape index (κ1) is 10.8. The Labute approximate surface area is 108 Å². The fourth-order valence-electron chi connectivity index (χ4n) is 2.15. The molecule has 2 saturated heterocycles. The van der Waals surface area contributed by atoms with Gasteiger partial charge in [0.1, 0.15) is 0 Å². The van der Waals surface area contributed by atoms with E-state index in [1.165, 1.54) is 32.5 Å². The van der Waals surface area contributed by atoms with Crippen LogP contribution in [0.15, 0.2) is 0 Å². The predicted octanol–water partition coefficient (Wildman–Crippen LogP) is 1.42. The van der Waals surface area contributed by atoms with Crippen molar-refractivity contribution >= 4 is 45.7 Å². The third-order valence-corrected chi connectivity index (χ3v) is 4.93. The SMILES string of the molecule is IN1CCNC(C2CCCN2I)C1. The number of nitrogens with zero attached hydrogens (tertiary/aromatic N) is 2. The van der Waals surface area contributed by atoms with Crippen molar-refractivity contribution in [3.05, 3.63) is 0 Å². The molecule has 2 heterocycles. The first-order chi connectivity index (χ1) is 6.27. The maximum atomic E-state index is 3.63. The number of hydrogen-bond acceptors (Lipinski definition) is 3. The normalized spacial score (nSPS) is 38.3. The van der Waals surface area contributed by atoms with E-state index in [0.717, 1.165) is 12.6 Å². The molecule has 0 aromatic rings. The van der Waals surface area contributed by atoms with E-state index < -0.39 is 0 Å². The molecule has 1 N–H and O–H groups in total. The van der Waals surface area contributed by atoms with Gasteiger partial charge in [-0.2, -0.15) is 0 Å². The van der Waals surface area contributed by atoms with Crippen molar-refractivity contribution in [1.82, 2.24) is 11.5 Å². The highest BCUT2D eigenvalue weighted by atomic mass is 127. The summed E-state index contributed by atoms with van der Waals surface area (Å²) in [6, 6.07) is 1.45. The summed E-state index contributed by atoms with van der Waals surface area (Å²) in [5.41, 5.74) is 0. The van der Waals surface area contributed by atoms with Crippen molar-refractivity contribution < 1.29 is 0 Å². The summed E-state index contributed by atoms with van der Waals surface area (Å²) in [4.78, 5) is 0. The van der Waals surface area contributed by atoms with Gasteiger partial charge in [-0.1, -0.05) is 0 Å². The Bertz CT molecular complexity index is 179. The Balaban J connectivity index is 1.91. The summed E-state index contributed by atoms with van der Waals surface area (Å²) in [6.07, 6.45) is 2.73. The highest BCUT2D eigenvalue weighted by Gasteiger charge is 2.32. The van der Waals surface area contributed by atoms with Gasteiger partial charge in [0.05, 0.1) is 0 Å². The summed E-state index contributed by atoms with van der Waals surface area (Å²) >= 11 is 4.91. The Morgan fingerprint density at radius 1 is 1.23 bits per heavy atom. The average molecular weight is 407 g/mol. The summed E-state index contributed by atoms with van der Waals surface area (Å²) in [7, 11) is 0. The van der Waals surface area contributed by atoms with Crippen LogP contribution in [-0.4, -0.2) is 44.5 Å². The van der Waals surface area contributed by atoms with Crippen molar-refractivity contribution in [2.45, 2.75) is 24.9 Å². The summed E-state index contributed by atoms with van der Waals surface area (Å²) < 4.78 is 4.88. The second kappa shape index (κ2) is 4.91. The molecule has 13 heavy (non-hydrogen) atoms. The van der Waals surface area contributed by atoms with E-state index in [1.807, 2.05) is 0 Å². The van der Waals surface area contributed by atoms with Crippen LogP contribution in [0.4, 0.5) is 0 Å². The van der Waals surface area contributed by atoms with Gasteiger partial charge < -0.3 is 5.32 Å². The largest absolute Gasteiger partial charge is 0.310 e. The number of rotatable bonds is 1. The lowest BCUT2D eigenvalue weighted by molar-refractivity contribution is 0.261. The molecule has 76 valence electrons. The van der Waals surface area contributed by atoms with Crippen LogP contribution in [0.25, 0.3) is 0 Å². The highest BCUT2D eigenvalue weighted by Crippen LogP contribution is 2.25. The van der Waals surface area contributed by atoms with Crippen LogP contribution in [0.2, 0.25) is 0 Å². The van der Waals surface area contributed by atoms with Gasteiger partial charge in [0.15, 0.2) is 0 Å². The Morgan fingerprint density at radius 2 is 2.08 bits per heavy atom. The molecule has 0 aromatic heterocycles. The topological polar surface area (TPSA) is 18.5 Å². The predicted molar refractivity (Wildman–Crippen MR) is 71.1 cm³/mol. The molecule has 2 rings (SSSR count). The van der Waals surface area contributed by atoms with Crippen LogP contribution in [0.5, 0.6) is 0 Å². The average Bonchev–Trinajstić information content (AvgIpc) is 2.51. The van der Waals surface area contributed by atoms with Crippen molar-refractivity contribution in [3.8, 4) is 0 Å². The molecule has 0 spiro atoms. The molecule has 0 amide bonds. The zero-order valence-corrected chi connectivity index (χ0v) is 11.9. The Kier molecular flexibility index (Phi) is 4.10. The Morgan fingerprint density at radius 3 is 2.69 bits per heavy atom. The van der Waals surface area contributed by atoms with Gasteiger partial charge in [-0.25, -0.2) is 6.23 Å². The van der Waals surface area contributed by atoms with Crippen molar-refractivity contribution in [2.75, 3.05) is 26.2 Å². The molecule has 0 bridgehead atoms. The zero-order chi connectivity index (χ0) is 9.26. The van der Waals surface area contributed by atoms with E-state index in [9.17, 15) is 0 Å². The molecular weight excluding hydrogens is 392 g/mol. The Hall–Kier alpha value is 1.34. The third-order valence-electron chi connectivity index (χ3n) is 2.85. The lowest BCUT2D eigenvalue weighted by Gasteiger charge is -2.35. The minimum Gasteiger partial charge on any atom is -0.310 e. The van der Waals surface area contributed by atoms with Crippen molar-refractivity contribution in [1.29, 1.82) is 0 Å². The van der Waals surface area contributed by atoms with Gasteiger partial charge in [0.25, 0.3) is 0 Å². The number of hydrogen-bond donors (Lipinski definition) is 1. The minimum absolute atomic E-state index is 0.685. The van der Waals surface area contributed by atoms with Crippen LogP contribution in [0.1, 0.15) is 12.8 Å². The second-order valence-corrected chi connectivity index (χ2v) is 6.37. The molecule has 0 saturated carbocycles. The molecule has 0 aromatic carbocycles. The van der Waals surface area contributed by atoms with Crippen molar-refractivity contribution in [2.24, 2.45) is 0 Å². The van der Waals surface area contributed by atoms with Crippen LogP contribution < -0.4 is 5.32 Å². The zero-order valence-electron chi connectivity index (χ0n) is 7.55. The number of piperazine rings is 1. The van der Waals surface area contributed by atoms with Gasteiger partial charge >= 0.3 is 0 Å². The maximum Gasteiger partial charge on any atom is 0.0368 e. The van der Waals surface area contributed by atoms with E-state index >= 15 is 0 Å². The van der Waals surface area contributed by atoms with E-state index in [2.05, 4.69) is 57.3 Å². The molecule has 5 heteroatoms.